The van der Waals surface area contributed by atoms with Crippen LogP contribution in [-0.4, -0.2) is 240 Å². The van der Waals surface area contributed by atoms with Gasteiger partial charge in [0.15, 0.2) is 11.6 Å². The lowest BCUT2D eigenvalue weighted by Crippen LogP contribution is -2.49. The molecule has 4 aliphatic heterocycles. The van der Waals surface area contributed by atoms with Crippen molar-refractivity contribution >= 4 is 140 Å². The highest BCUT2D eigenvalue weighted by Crippen LogP contribution is 2.47. The molecule has 2 atom stereocenters. The smallest absolute Gasteiger partial charge is 0.414 e. The van der Waals surface area contributed by atoms with Crippen molar-refractivity contribution in [2.75, 3.05) is 162 Å². The van der Waals surface area contributed by atoms with E-state index in [1.165, 1.54) is 41.6 Å². The number of hydrazine groups is 2. The molecule has 146 heavy (non-hydrogen) atoms. The van der Waals surface area contributed by atoms with Crippen molar-refractivity contribution < 1.29 is 98.0 Å². The van der Waals surface area contributed by atoms with Crippen LogP contribution in [0, 0.1) is 11.6 Å². The third kappa shape index (κ3) is 29.9. The third-order valence-corrected chi connectivity index (χ3v) is 26.4. The number of ketones is 4. The van der Waals surface area contributed by atoms with Gasteiger partial charge in [-0.05, 0) is 192 Å². The highest BCUT2D eigenvalue weighted by molar-refractivity contribution is 7.80. The average Bonchev–Trinajstić information content (AvgIpc) is 1.62. The molecule has 4 saturated heterocycles. The summed E-state index contributed by atoms with van der Waals surface area (Å²) in [6.45, 7) is 13.4. The number of nitrogens with one attached hydrogen (secondary N) is 5. The number of halogens is 7. The standard InChI is InChI=1S/C44H43F3N6O7S.C42H43FN6O7.C17H16F2OS.C6H15N.ClH/c45-36-22-29(53-25-30(60-44(53)58)23-48-42(61)41(46)47)16-17-37(36)51-18-20-52(21-19-51)40(56)11-5-10-38(54)27-12-14-28(15-13-27)50-49-24-39(55)43(57)59-26-35-33-8-3-1-6-31(33)32-7-2-4-9-34(32)35;43-36-22-29(49-25-30(23-44)56-42(49)54)16-17-37(36)47-18-20-48(21-19-47)40(52)11-5-10-38(50)27-12-14-28(15-13-27)46-45-24-39(51)41(53)55-26-35-33-8-3-1-6-31(33)32-7-2-4-9-34(32)35;18-16(19)17(21)20-12-11-15(13-7-3-1-4-8-13)14-9-5-2-6-10-14;1-4-7(5-2)6-3;/h1-4,6-9,12-17,22,30,35,41,49-50H,5,10-11,18-21,23-26H2,(H,48,61);1-4,6-9,12-17,22,30,35,45-46H,5,10-11,18-21,23-26,44H2;1-10,15-16H,11-12H2;4-6H2,1-3H3;1H/t2*30-;;;/m00.../s1. The fourth-order valence-electron chi connectivity index (χ4n) is 18.0. The zero-order valence-corrected chi connectivity index (χ0v) is 83.5. The maximum atomic E-state index is 15.3. The van der Waals surface area contributed by atoms with Gasteiger partial charge in [-0.2, -0.15) is 0 Å². The van der Waals surface area contributed by atoms with Crippen molar-refractivity contribution in [3.8, 4) is 22.3 Å². The Labute approximate surface area is 860 Å². The number of rotatable bonds is 41. The quantitative estimate of drug-likeness (QED) is 0.00394. The molecule has 4 heterocycles. The summed E-state index contributed by atoms with van der Waals surface area (Å²) in [5.74, 6) is -4.95. The predicted molar refractivity (Wildman–Crippen MR) is 558 cm³/mol. The van der Waals surface area contributed by atoms with Crippen LogP contribution in [0.25, 0.3) is 22.3 Å². The van der Waals surface area contributed by atoms with Crippen molar-refractivity contribution in [2.45, 2.75) is 109 Å². The summed E-state index contributed by atoms with van der Waals surface area (Å²) in [6.07, 6.45) is -5.90. The normalized spacial score (nSPS) is 14.9. The van der Waals surface area contributed by atoms with Gasteiger partial charge in [-0.25, -0.2) is 56.4 Å². The largest absolute Gasteiger partial charge is 0.482 e. The molecule has 10 aromatic rings. The van der Waals surface area contributed by atoms with E-state index in [1.54, 1.807) is 82.6 Å². The van der Waals surface area contributed by atoms with Crippen molar-refractivity contribution in [3.63, 3.8) is 0 Å². The molecule has 10 aromatic carbocycles. The van der Waals surface area contributed by atoms with Crippen LogP contribution in [0.4, 0.5) is 70.1 Å². The molecular formula is C109H118ClF6N13O15S2. The third-order valence-electron chi connectivity index (χ3n) is 25.8. The number of nitrogens with zero attached hydrogens (tertiary/aromatic N) is 7. The van der Waals surface area contributed by atoms with E-state index in [4.69, 9.17) is 29.4 Å². The molecule has 16 rings (SSSR count). The van der Waals surface area contributed by atoms with E-state index >= 15 is 8.78 Å². The van der Waals surface area contributed by atoms with Crippen LogP contribution in [0.1, 0.15) is 138 Å². The summed E-state index contributed by atoms with van der Waals surface area (Å²) in [5.41, 5.74) is 31.1. The molecule has 0 unspecified atom stereocenters. The summed E-state index contributed by atoms with van der Waals surface area (Å²) in [4.78, 5) is 138. The zero-order chi connectivity index (χ0) is 103. The first-order valence-corrected chi connectivity index (χ1v) is 49.2. The second-order valence-corrected chi connectivity index (χ2v) is 35.8. The molecule has 0 spiro atoms. The maximum Gasteiger partial charge on any atom is 0.414 e. The number of alkyl halides is 4. The monoisotopic (exact) mass is 2060 g/mol. The van der Waals surface area contributed by atoms with Crippen LogP contribution >= 0.6 is 36.8 Å². The van der Waals surface area contributed by atoms with Crippen molar-refractivity contribution in [1.82, 2.24) is 30.9 Å². The number of anilines is 6. The van der Waals surface area contributed by atoms with Gasteiger partial charge in [-0.1, -0.05) is 191 Å². The molecule has 6 aliphatic rings. The van der Waals surface area contributed by atoms with Crippen molar-refractivity contribution in [2.24, 2.45) is 5.73 Å². The minimum Gasteiger partial charge on any atom is -0.482 e. The highest BCUT2D eigenvalue weighted by atomic mass is 35.5. The Morgan fingerprint density at radius 3 is 1.18 bits per heavy atom. The van der Waals surface area contributed by atoms with E-state index < -0.39 is 82.4 Å². The number of cyclic esters (lactones) is 2. The maximum absolute atomic E-state index is 15.3. The lowest BCUT2D eigenvalue weighted by molar-refractivity contribution is -0.153. The number of nitrogens with two attached hydrogens (primary N) is 1. The van der Waals surface area contributed by atoms with Crippen LogP contribution in [0.3, 0.4) is 0 Å². The zero-order valence-electron chi connectivity index (χ0n) is 81.1. The SMILES string of the molecule is CCN(CC)CC.Cl.FC(F)C(=S)OCCC(c1ccccc1)c1ccccc1.NC[C@H]1CN(c2ccc(N3CCN(C(=O)CCCC(=O)c4ccc(NNCC(=O)C(=O)OCC5c6ccccc6-c6ccccc65)cc4)CC3)c(F)c2)C(=O)O1.O=C(CNNc1ccc(C(=O)CCCC(=O)N2CCN(c3ccc(N4C[C@H](CNC(=S)C(F)F)OC4=O)cc3F)CC2)cc1)C(=O)OCC1c2ccccc2-c2ccccc21. The molecular weight excluding hydrogens is 1940 g/mol. The molecule has 4 amide bonds. The minimum absolute atomic E-state index is 0. The lowest BCUT2D eigenvalue weighted by atomic mass is 9.89. The number of Topliss-reactive ketones (excluding diaryl/α,β-unsaturated/α-hetero) is 4. The number of amides is 4. The van der Waals surface area contributed by atoms with Crippen molar-refractivity contribution in [3.05, 3.63) is 299 Å². The van der Waals surface area contributed by atoms with Gasteiger partial charge in [0.2, 0.25) is 16.9 Å². The van der Waals surface area contributed by atoms with Gasteiger partial charge in [-0.3, -0.25) is 38.6 Å². The molecule has 2 aliphatic carbocycles. The van der Waals surface area contributed by atoms with Gasteiger partial charge >= 0.3 is 30.6 Å². The van der Waals surface area contributed by atoms with Gasteiger partial charge in [-0.15, -0.1) is 12.4 Å². The highest BCUT2D eigenvalue weighted by Gasteiger charge is 2.38. The van der Waals surface area contributed by atoms with Gasteiger partial charge in [0.05, 0.1) is 62.1 Å². The first kappa shape index (κ1) is 111. The summed E-state index contributed by atoms with van der Waals surface area (Å²) < 4.78 is 107. The van der Waals surface area contributed by atoms with Gasteiger partial charge in [0.1, 0.15) is 42.0 Å². The molecule has 7 N–H and O–H groups in total. The topological polar surface area (TPSA) is 326 Å². The van der Waals surface area contributed by atoms with E-state index in [0.717, 1.165) is 55.6 Å². The number of piperazine rings is 2. The van der Waals surface area contributed by atoms with Crippen LogP contribution in [-0.2, 0) is 52.5 Å². The molecule has 0 aromatic heterocycles. The Morgan fingerprint density at radius 2 is 0.829 bits per heavy atom. The second kappa shape index (κ2) is 54.8. The molecule has 37 heteroatoms. The Hall–Kier alpha value is -14.0. The molecule has 0 saturated carbocycles. The summed E-state index contributed by atoms with van der Waals surface area (Å²) in [7, 11) is 0. The first-order valence-electron chi connectivity index (χ1n) is 48.3. The number of hydrogen-bond donors (Lipinski definition) is 6. The summed E-state index contributed by atoms with van der Waals surface area (Å²) >= 11 is 9.04. The number of hydrogen-bond acceptors (Lipinski definition) is 25. The Balaban J connectivity index is 0.000000205. The minimum atomic E-state index is -2.83. The summed E-state index contributed by atoms with van der Waals surface area (Å²) in [5, 5.41) is 1.74. The van der Waals surface area contributed by atoms with Crippen molar-refractivity contribution in [1.29, 1.82) is 0 Å². The number of thiocarbonyl (C=S) groups is 2. The molecule has 28 nitrogen and oxygen atoms in total. The van der Waals surface area contributed by atoms with Crippen LogP contribution < -0.4 is 52.4 Å². The Morgan fingerprint density at radius 1 is 0.459 bits per heavy atom. The average molecular weight is 2060 g/mol. The number of benzene rings is 10. The van der Waals surface area contributed by atoms with Crippen LogP contribution in [0.15, 0.2) is 243 Å². The molecule has 0 bridgehead atoms. The Bertz CT molecular complexity index is 6040. The number of ether oxygens (including phenoxy) is 5. The Kier molecular flexibility index (Phi) is 41.6. The van der Waals surface area contributed by atoms with E-state index in [2.05, 4.69) is 77.1 Å². The first-order chi connectivity index (χ1) is 70.2. The summed E-state index contributed by atoms with van der Waals surface area (Å²) in [6, 6.07) is 73.9. The van der Waals surface area contributed by atoms with Crippen LogP contribution in [0.2, 0.25) is 0 Å². The lowest BCUT2D eigenvalue weighted by Gasteiger charge is -2.36. The number of esters is 2. The van der Waals surface area contributed by atoms with E-state index in [9.17, 15) is 65.5 Å². The van der Waals surface area contributed by atoms with E-state index in [1.807, 2.05) is 168 Å². The van der Waals surface area contributed by atoms with Gasteiger partial charge in [0, 0.05) is 125 Å². The van der Waals surface area contributed by atoms with Gasteiger partial charge < -0.3 is 70.1 Å². The van der Waals surface area contributed by atoms with Crippen LogP contribution in [0.5, 0.6) is 0 Å². The fraction of sp³-hybridized carbons (Fsp3) is 0.339. The molecule has 4 fully saturated rings. The van der Waals surface area contributed by atoms with E-state index in [0.29, 0.717) is 111 Å². The van der Waals surface area contributed by atoms with E-state index in [-0.39, 0.29) is 144 Å². The second-order valence-electron chi connectivity index (χ2n) is 34.9. The number of fused-ring (bicyclic) bond motifs is 6. The molecule has 770 valence electrons. The fourth-order valence-corrected chi connectivity index (χ4v) is 18.1. The molecule has 0 radical (unpaired) electrons. The number of carbonyl (C=O) groups is 10. The number of carbonyl (C=O) groups excluding carboxylic acids is 10. The van der Waals surface area contributed by atoms with Gasteiger partial charge in [0.25, 0.3) is 18.0 Å². The predicted octanol–water partition coefficient (Wildman–Crippen LogP) is 17.1.